The molecule has 0 aliphatic carbocycles. The molecule has 0 aliphatic heterocycles. The molecule has 106 valence electrons. The maximum absolute atomic E-state index is 13.2. The van der Waals surface area contributed by atoms with Gasteiger partial charge in [-0.2, -0.15) is 0 Å². The van der Waals surface area contributed by atoms with Crippen LogP contribution in [0.1, 0.15) is 18.5 Å². The quantitative estimate of drug-likeness (QED) is 0.884. The monoisotopic (exact) mass is 294 g/mol. The van der Waals surface area contributed by atoms with Gasteiger partial charge in [0.05, 0.1) is 12.2 Å². The molecule has 0 spiro atoms. The number of halogens is 2. The van der Waals surface area contributed by atoms with Gasteiger partial charge in [0.25, 0.3) is 0 Å². The summed E-state index contributed by atoms with van der Waals surface area (Å²) in [4.78, 5) is 3.87. The zero-order chi connectivity index (χ0) is 14.4. The van der Waals surface area contributed by atoms with Gasteiger partial charge in [-0.1, -0.05) is 18.5 Å². The van der Waals surface area contributed by atoms with Crippen molar-refractivity contribution in [2.75, 3.05) is 13.2 Å². The highest BCUT2D eigenvalue weighted by Gasteiger charge is 2.12. The number of pyridine rings is 1. The molecule has 5 heteroatoms. The van der Waals surface area contributed by atoms with Crippen molar-refractivity contribution in [1.29, 1.82) is 0 Å². The second kappa shape index (κ2) is 7.22. The van der Waals surface area contributed by atoms with E-state index < -0.39 is 0 Å². The minimum Gasteiger partial charge on any atom is -0.492 e. The Morgan fingerprint density at radius 1 is 1.30 bits per heavy atom. The van der Waals surface area contributed by atoms with Gasteiger partial charge in [0.2, 0.25) is 0 Å². The molecule has 0 bridgehead atoms. The molecule has 0 radical (unpaired) electrons. The van der Waals surface area contributed by atoms with E-state index >= 15 is 0 Å². The molecule has 0 saturated carbocycles. The molecular formula is C15H16ClFN2O. The predicted molar refractivity (Wildman–Crippen MR) is 77.6 cm³/mol. The van der Waals surface area contributed by atoms with Crippen LogP contribution >= 0.6 is 11.6 Å². The summed E-state index contributed by atoms with van der Waals surface area (Å²) in [6.45, 7) is 3.13. The molecule has 1 aromatic heterocycles. The van der Waals surface area contributed by atoms with Gasteiger partial charge in [-0.05, 0) is 42.4 Å². The van der Waals surface area contributed by atoms with Crippen molar-refractivity contribution in [3.05, 3.63) is 59.1 Å². The number of aromatic nitrogens is 1. The Morgan fingerprint density at radius 2 is 2.05 bits per heavy atom. The number of hydrogen-bond donors (Lipinski definition) is 1. The fourth-order valence-corrected chi connectivity index (χ4v) is 1.97. The third-order valence-electron chi connectivity index (χ3n) is 2.81. The number of rotatable bonds is 6. The molecule has 2 rings (SSSR count). The lowest BCUT2D eigenvalue weighted by Gasteiger charge is -2.18. The van der Waals surface area contributed by atoms with E-state index in [1.54, 1.807) is 30.5 Å². The van der Waals surface area contributed by atoms with E-state index in [1.165, 1.54) is 12.3 Å². The lowest BCUT2D eigenvalue weighted by atomic mass is 10.1. The zero-order valence-corrected chi connectivity index (χ0v) is 11.9. The highest BCUT2D eigenvalue weighted by atomic mass is 35.5. The molecule has 0 amide bonds. The summed E-state index contributed by atoms with van der Waals surface area (Å²) >= 11 is 5.82. The normalized spacial score (nSPS) is 12.2. The molecule has 1 heterocycles. The summed E-state index contributed by atoms with van der Waals surface area (Å²) in [7, 11) is 0. The van der Waals surface area contributed by atoms with Crippen LogP contribution in [0.15, 0.2) is 42.7 Å². The first-order valence-corrected chi connectivity index (χ1v) is 6.79. The minimum absolute atomic E-state index is 0.112. The molecule has 0 aliphatic rings. The maximum Gasteiger partial charge on any atom is 0.141 e. The maximum atomic E-state index is 13.2. The Morgan fingerprint density at radius 3 is 2.70 bits per heavy atom. The summed E-state index contributed by atoms with van der Waals surface area (Å²) in [5.41, 5.74) is 0.765. The van der Waals surface area contributed by atoms with Crippen LogP contribution in [0.25, 0.3) is 0 Å². The molecule has 3 nitrogen and oxygen atoms in total. The van der Waals surface area contributed by atoms with Crippen LogP contribution in [0, 0.1) is 5.82 Å². The number of hydrogen-bond acceptors (Lipinski definition) is 3. The molecule has 1 unspecified atom stereocenters. The van der Waals surface area contributed by atoms with Gasteiger partial charge in [0, 0.05) is 11.2 Å². The highest BCUT2D eigenvalue weighted by Crippen LogP contribution is 2.18. The summed E-state index contributed by atoms with van der Waals surface area (Å²) in [5.74, 6) is 0.374. The smallest absolute Gasteiger partial charge is 0.141 e. The van der Waals surface area contributed by atoms with E-state index in [0.717, 1.165) is 17.9 Å². The molecule has 1 atom stereocenters. The molecule has 0 fully saturated rings. The van der Waals surface area contributed by atoms with Crippen molar-refractivity contribution in [1.82, 2.24) is 10.3 Å². The van der Waals surface area contributed by atoms with Crippen LogP contribution in [0.4, 0.5) is 4.39 Å². The van der Waals surface area contributed by atoms with E-state index in [-0.39, 0.29) is 11.9 Å². The molecule has 2 aromatic rings. The van der Waals surface area contributed by atoms with Gasteiger partial charge >= 0.3 is 0 Å². The standard InChI is InChI=1S/C15H16ClFN2O/c1-2-19-15(11-7-13(17)9-18-8-11)10-20-14-5-3-12(16)4-6-14/h3-9,15,19H,2,10H2,1H3. The second-order valence-corrected chi connectivity index (χ2v) is 4.75. The number of nitrogens with one attached hydrogen (secondary N) is 1. The van der Waals surface area contributed by atoms with Gasteiger partial charge in [0.15, 0.2) is 0 Å². The summed E-state index contributed by atoms with van der Waals surface area (Å²) in [6.07, 6.45) is 2.83. The lowest BCUT2D eigenvalue weighted by Crippen LogP contribution is -2.26. The first kappa shape index (κ1) is 14.8. The van der Waals surface area contributed by atoms with Crippen molar-refractivity contribution in [3.63, 3.8) is 0 Å². The Labute approximate surface area is 122 Å². The van der Waals surface area contributed by atoms with Crippen LogP contribution in [-0.2, 0) is 0 Å². The molecule has 0 saturated heterocycles. The Bertz CT molecular complexity index is 548. The number of benzene rings is 1. The van der Waals surface area contributed by atoms with E-state index in [1.807, 2.05) is 6.92 Å². The Hall–Kier alpha value is -1.65. The SMILES string of the molecule is CCNC(COc1ccc(Cl)cc1)c1cncc(F)c1. The number of likely N-dealkylation sites (N-methyl/N-ethyl adjacent to an activating group) is 1. The van der Waals surface area contributed by atoms with Crippen molar-refractivity contribution >= 4 is 11.6 Å². The number of nitrogens with zero attached hydrogens (tertiary/aromatic N) is 1. The minimum atomic E-state index is -0.350. The highest BCUT2D eigenvalue weighted by molar-refractivity contribution is 6.30. The van der Waals surface area contributed by atoms with Gasteiger partial charge in [-0.25, -0.2) is 4.39 Å². The zero-order valence-electron chi connectivity index (χ0n) is 11.1. The van der Waals surface area contributed by atoms with Crippen LogP contribution < -0.4 is 10.1 Å². The average molecular weight is 295 g/mol. The molecule has 20 heavy (non-hydrogen) atoms. The summed E-state index contributed by atoms with van der Waals surface area (Å²) in [6, 6.07) is 8.49. The van der Waals surface area contributed by atoms with Crippen molar-refractivity contribution in [2.24, 2.45) is 0 Å². The first-order valence-electron chi connectivity index (χ1n) is 6.41. The van der Waals surface area contributed by atoms with E-state index in [4.69, 9.17) is 16.3 Å². The predicted octanol–water partition coefficient (Wildman–Crippen LogP) is 3.60. The number of ether oxygens (including phenoxy) is 1. The van der Waals surface area contributed by atoms with Crippen LogP contribution in [0.2, 0.25) is 5.02 Å². The molecular weight excluding hydrogens is 279 g/mol. The van der Waals surface area contributed by atoms with Gasteiger partial charge in [-0.3, -0.25) is 4.98 Å². The molecule has 1 N–H and O–H groups in total. The van der Waals surface area contributed by atoms with Crippen LogP contribution in [0.3, 0.4) is 0 Å². The Balaban J connectivity index is 2.04. The van der Waals surface area contributed by atoms with Gasteiger partial charge < -0.3 is 10.1 Å². The summed E-state index contributed by atoms with van der Waals surface area (Å²) < 4.78 is 18.9. The van der Waals surface area contributed by atoms with Crippen molar-refractivity contribution in [3.8, 4) is 5.75 Å². The average Bonchev–Trinajstić information content (AvgIpc) is 2.45. The largest absolute Gasteiger partial charge is 0.492 e. The first-order chi connectivity index (χ1) is 9.69. The van der Waals surface area contributed by atoms with Crippen LogP contribution in [0.5, 0.6) is 5.75 Å². The third-order valence-corrected chi connectivity index (χ3v) is 3.06. The van der Waals surface area contributed by atoms with Gasteiger partial charge in [0.1, 0.15) is 18.2 Å². The van der Waals surface area contributed by atoms with Crippen LogP contribution in [-0.4, -0.2) is 18.1 Å². The van der Waals surface area contributed by atoms with Crippen molar-refractivity contribution < 1.29 is 9.13 Å². The Kier molecular flexibility index (Phi) is 5.32. The van der Waals surface area contributed by atoms with Crippen molar-refractivity contribution in [2.45, 2.75) is 13.0 Å². The fraction of sp³-hybridized carbons (Fsp3) is 0.267. The van der Waals surface area contributed by atoms with Gasteiger partial charge in [-0.15, -0.1) is 0 Å². The van der Waals surface area contributed by atoms with E-state index in [2.05, 4.69) is 10.3 Å². The summed E-state index contributed by atoms with van der Waals surface area (Å²) in [5, 5.41) is 3.91. The van der Waals surface area contributed by atoms with E-state index in [9.17, 15) is 4.39 Å². The second-order valence-electron chi connectivity index (χ2n) is 4.31. The van der Waals surface area contributed by atoms with E-state index in [0.29, 0.717) is 11.6 Å². The fourth-order valence-electron chi connectivity index (χ4n) is 1.85. The molecule has 1 aromatic carbocycles. The topological polar surface area (TPSA) is 34.1 Å². The lowest BCUT2D eigenvalue weighted by molar-refractivity contribution is 0.267. The third kappa shape index (κ3) is 4.18.